The summed E-state index contributed by atoms with van der Waals surface area (Å²) in [5.74, 6) is 0.477. The third-order valence-corrected chi connectivity index (χ3v) is 2.76. The summed E-state index contributed by atoms with van der Waals surface area (Å²) in [5, 5.41) is 2.14. The molecule has 1 rings (SSSR count). The maximum absolute atomic E-state index is 12.8. The van der Waals surface area contributed by atoms with Gasteiger partial charge in [0.05, 0.1) is 14.2 Å². The van der Waals surface area contributed by atoms with E-state index in [1.807, 2.05) is 0 Å². The van der Waals surface area contributed by atoms with Crippen molar-refractivity contribution in [1.82, 2.24) is 5.32 Å². The van der Waals surface area contributed by atoms with Gasteiger partial charge < -0.3 is 14.8 Å². The van der Waals surface area contributed by atoms with Gasteiger partial charge in [0.2, 0.25) is 0 Å². The summed E-state index contributed by atoms with van der Waals surface area (Å²) in [6.07, 6.45) is -4.45. The molecular formula is C11H13ClF3NO2. The van der Waals surface area contributed by atoms with Crippen LogP contribution in [0.15, 0.2) is 12.1 Å². The summed E-state index contributed by atoms with van der Waals surface area (Å²) in [5.41, 5.74) is -0.107. The molecule has 3 nitrogen and oxygen atoms in total. The first-order valence-electron chi connectivity index (χ1n) is 5.00. The van der Waals surface area contributed by atoms with Gasteiger partial charge >= 0.3 is 6.18 Å². The highest BCUT2D eigenvalue weighted by Crippen LogP contribution is 2.41. The van der Waals surface area contributed by atoms with Crippen LogP contribution in [-0.4, -0.2) is 27.4 Å². The molecule has 0 aromatic heterocycles. The summed E-state index contributed by atoms with van der Waals surface area (Å²) in [6.45, 7) is 0. The quantitative estimate of drug-likeness (QED) is 0.920. The first-order valence-corrected chi connectivity index (χ1v) is 5.38. The van der Waals surface area contributed by atoms with Crippen molar-refractivity contribution in [3.8, 4) is 11.5 Å². The van der Waals surface area contributed by atoms with Gasteiger partial charge in [-0.25, -0.2) is 0 Å². The van der Waals surface area contributed by atoms with Crippen molar-refractivity contribution in [2.24, 2.45) is 0 Å². The molecule has 1 unspecified atom stereocenters. The largest absolute Gasteiger partial charge is 0.493 e. The zero-order valence-electron chi connectivity index (χ0n) is 10.1. The molecule has 0 fully saturated rings. The minimum absolute atomic E-state index is 0.0377. The molecule has 0 radical (unpaired) electrons. The molecule has 0 amide bonds. The predicted octanol–water partition coefficient (Wildman–Crippen LogP) is 3.18. The molecule has 0 aliphatic heterocycles. The summed E-state index contributed by atoms with van der Waals surface area (Å²) in [4.78, 5) is 0. The SMILES string of the molecule is CNC(c1cc(OC)c(OC)cc1Cl)C(F)(F)F. The molecule has 1 aromatic carbocycles. The molecule has 1 N–H and O–H groups in total. The Morgan fingerprint density at radius 1 is 1.17 bits per heavy atom. The Bertz CT molecular complexity index is 423. The number of hydrogen-bond donors (Lipinski definition) is 1. The van der Waals surface area contributed by atoms with E-state index in [0.717, 1.165) is 0 Å². The van der Waals surface area contributed by atoms with Crippen molar-refractivity contribution in [3.63, 3.8) is 0 Å². The maximum atomic E-state index is 12.8. The zero-order chi connectivity index (χ0) is 13.9. The van der Waals surface area contributed by atoms with Crippen molar-refractivity contribution < 1.29 is 22.6 Å². The number of rotatable bonds is 4. The molecule has 0 saturated heterocycles. The summed E-state index contributed by atoms with van der Waals surface area (Å²) in [6, 6.07) is 0.659. The van der Waals surface area contributed by atoms with Crippen molar-refractivity contribution >= 4 is 11.6 Å². The van der Waals surface area contributed by atoms with Crippen molar-refractivity contribution in [1.29, 1.82) is 0 Å². The van der Waals surface area contributed by atoms with E-state index in [0.29, 0.717) is 0 Å². The molecule has 1 aromatic rings. The van der Waals surface area contributed by atoms with Crippen LogP contribution < -0.4 is 14.8 Å². The van der Waals surface area contributed by atoms with Crippen LogP contribution in [0, 0.1) is 0 Å². The highest BCUT2D eigenvalue weighted by Gasteiger charge is 2.41. The summed E-state index contributed by atoms with van der Waals surface area (Å²) >= 11 is 5.84. The van der Waals surface area contributed by atoms with Crippen molar-refractivity contribution in [2.75, 3.05) is 21.3 Å². The topological polar surface area (TPSA) is 30.5 Å². The Morgan fingerprint density at radius 2 is 1.67 bits per heavy atom. The second-order valence-corrected chi connectivity index (χ2v) is 3.90. The Balaban J connectivity index is 3.32. The molecule has 18 heavy (non-hydrogen) atoms. The Kier molecular flexibility index (Phi) is 4.70. The molecule has 0 heterocycles. The van der Waals surface area contributed by atoms with Gasteiger partial charge in [-0.1, -0.05) is 11.6 Å². The first kappa shape index (κ1) is 14.9. The number of alkyl halides is 3. The predicted molar refractivity (Wildman–Crippen MR) is 62.4 cm³/mol. The molecule has 0 aliphatic rings. The van der Waals surface area contributed by atoms with Crippen molar-refractivity contribution in [2.45, 2.75) is 12.2 Å². The van der Waals surface area contributed by atoms with Crippen LogP contribution in [0.3, 0.4) is 0 Å². The van der Waals surface area contributed by atoms with Crippen molar-refractivity contribution in [3.05, 3.63) is 22.7 Å². The van der Waals surface area contributed by atoms with E-state index >= 15 is 0 Å². The lowest BCUT2D eigenvalue weighted by molar-refractivity contribution is -0.156. The standard InChI is InChI=1S/C11H13ClF3NO2/c1-16-10(11(13,14)15)6-4-8(17-2)9(18-3)5-7(6)12/h4-5,10,16H,1-3H3. The minimum Gasteiger partial charge on any atom is -0.493 e. The first-order chi connectivity index (χ1) is 8.35. The number of ether oxygens (including phenoxy) is 2. The Labute approximate surface area is 108 Å². The normalized spacial score (nSPS) is 13.3. The second kappa shape index (κ2) is 5.67. The highest BCUT2D eigenvalue weighted by atomic mass is 35.5. The minimum atomic E-state index is -4.45. The average molecular weight is 284 g/mol. The lowest BCUT2D eigenvalue weighted by Crippen LogP contribution is -2.31. The summed E-state index contributed by atoms with van der Waals surface area (Å²) < 4.78 is 48.4. The van der Waals surface area contributed by atoms with Gasteiger partial charge in [0.15, 0.2) is 11.5 Å². The molecule has 0 saturated carbocycles. The monoisotopic (exact) mass is 283 g/mol. The van der Waals surface area contributed by atoms with Gasteiger partial charge in [-0.05, 0) is 13.1 Å². The fraction of sp³-hybridized carbons (Fsp3) is 0.455. The summed E-state index contributed by atoms with van der Waals surface area (Å²) in [7, 11) is 3.94. The number of methoxy groups -OCH3 is 2. The lowest BCUT2D eigenvalue weighted by atomic mass is 10.1. The second-order valence-electron chi connectivity index (χ2n) is 3.49. The molecular weight excluding hydrogens is 271 g/mol. The molecule has 0 bridgehead atoms. The van der Waals surface area contributed by atoms with Crippen LogP contribution in [-0.2, 0) is 0 Å². The van der Waals surface area contributed by atoms with Crippen LogP contribution >= 0.6 is 11.6 Å². The zero-order valence-corrected chi connectivity index (χ0v) is 10.8. The van der Waals surface area contributed by atoms with E-state index in [4.69, 9.17) is 21.1 Å². The van der Waals surface area contributed by atoms with E-state index in [2.05, 4.69) is 5.32 Å². The van der Waals surface area contributed by atoms with Gasteiger partial charge in [0.25, 0.3) is 0 Å². The van der Waals surface area contributed by atoms with Crippen LogP contribution in [0.2, 0.25) is 5.02 Å². The third-order valence-electron chi connectivity index (χ3n) is 2.43. The smallest absolute Gasteiger partial charge is 0.407 e. The fourth-order valence-corrected chi connectivity index (χ4v) is 1.85. The van der Waals surface area contributed by atoms with E-state index < -0.39 is 12.2 Å². The van der Waals surface area contributed by atoms with E-state index in [1.165, 1.54) is 33.4 Å². The van der Waals surface area contributed by atoms with E-state index in [-0.39, 0.29) is 22.1 Å². The van der Waals surface area contributed by atoms with Crippen LogP contribution in [0.4, 0.5) is 13.2 Å². The van der Waals surface area contributed by atoms with Gasteiger partial charge in [-0.3, -0.25) is 0 Å². The average Bonchev–Trinajstić information content (AvgIpc) is 2.29. The molecule has 1 atom stereocenters. The highest BCUT2D eigenvalue weighted by molar-refractivity contribution is 6.31. The van der Waals surface area contributed by atoms with Crippen LogP contribution in [0.1, 0.15) is 11.6 Å². The number of benzene rings is 1. The number of nitrogens with one attached hydrogen (secondary N) is 1. The maximum Gasteiger partial charge on any atom is 0.407 e. The fourth-order valence-electron chi connectivity index (χ4n) is 1.59. The van der Waals surface area contributed by atoms with E-state index in [9.17, 15) is 13.2 Å². The van der Waals surface area contributed by atoms with Crippen LogP contribution in [0.5, 0.6) is 11.5 Å². The van der Waals surface area contributed by atoms with Gasteiger partial charge in [0, 0.05) is 16.7 Å². The van der Waals surface area contributed by atoms with Gasteiger partial charge in [-0.2, -0.15) is 13.2 Å². The third kappa shape index (κ3) is 3.00. The Hall–Kier alpha value is -1.14. The number of halogens is 4. The lowest BCUT2D eigenvalue weighted by Gasteiger charge is -2.22. The number of hydrogen-bond acceptors (Lipinski definition) is 3. The van der Waals surface area contributed by atoms with E-state index in [1.54, 1.807) is 0 Å². The van der Waals surface area contributed by atoms with Gasteiger partial charge in [-0.15, -0.1) is 0 Å². The molecule has 102 valence electrons. The molecule has 7 heteroatoms. The molecule has 0 spiro atoms. The Morgan fingerprint density at radius 3 is 2.06 bits per heavy atom. The molecule has 0 aliphatic carbocycles. The van der Waals surface area contributed by atoms with Crippen LogP contribution in [0.25, 0.3) is 0 Å². The van der Waals surface area contributed by atoms with Gasteiger partial charge in [0.1, 0.15) is 6.04 Å².